The van der Waals surface area contributed by atoms with Crippen LogP contribution < -0.4 is 29.6 Å². The van der Waals surface area contributed by atoms with Crippen molar-refractivity contribution in [3.8, 4) is 23.0 Å². The summed E-state index contributed by atoms with van der Waals surface area (Å²) in [6.45, 7) is 0. The third-order valence-electron chi connectivity index (χ3n) is 6.87. The van der Waals surface area contributed by atoms with Crippen molar-refractivity contribution < 1.29 is 93.3 Å². The van der Waals surface area contributed by atoms with Crippen molar-refractivity contribution in [2.75, 3.05) is 0 Å². The molecule has 14 nitrogen and oxygen atoms in total. The maximum atomic E-state index is 11.3. The molecule has 6 aromatic carbocycles. The predicted molar refractivity (Wildman–Crippen MR) is 185 cm³/mol. The van der Waals surface area contributed by atoms with Crippen LogP contribution in [0.4, 0.5) is 22.7 Å². The first-order valence-electron chi connectivity index (χ1n) is 13.8. The van der Waals surface area contributed by atoms with Gasteiger partial charge in [-0.2, -0.15) is 16.8 Å². The van der Waals surface area contributed by atoms with E-state index < -0.39 is 41.5 Å². The molecule has 0 unspecified atom stereocenters. The second-order valence-electron chi connectivity index (χ2n) is 10.2. The van der Waals surface area contributed by atoms with Crippen LogP contribution in [0.15, 0.2) is 127 Å². The number of hydrogen-bond donors (Lipinski definition) is 6. The minimum Gasteiger partial charge on any atom is -0.506 e. The van der Waals surface area contributed by atoms with Crippen molar-refractivity contribution in [2.24, 2.45) is 20.5 Å². The molecule has 0 heterocycles. The van der Waals surface area contributed by atoms with E-state index in [-0.39, 0.29) is 91.2 Å². The minimum absolute atomic E-state index is 0. The Morgan fingerprint density at radius 3 is 1.19 bits per heavy atom. The third kappa shape index (κ3) is 9.78. The average Bonchev–Trinajstić information content (AvgIpc) is 3.05. The van der Waals surface area contributed by atoms with Gasteiger partial charge >= 0.3 is 29.6 Å². The maximum absolute atomic E-state index is 11.3. The summed E-state index contributed by atoms with van der Waals surface area (Å²) in [6, 6.07) is 24.7. The van der Waals surface area contributed by atoms with Gasteiger partial charge in [-0.15, -0.1) is 20.5 Å². The molecule has 0 aromatic heterocycles. The van der Waals surface area contributed by atoms with E-state index in [1.807, 2.05) is 24.3 Å². The van der Waals surface area contributed by atoms with E-state index in [0.29, 0.717) is 10.8 Å². The van der Waals surface area contributed by atoms with E-state index in [4.69, 9.17) is 32.3 Å². The molecular weight excluding hydrogens is 810 g/mol. The Kier molecular flexibility index (Phi) is 14.2. The van der Waals surface area contributed by atoms with Gasteiger partial charge in [0.25, 0.3) is 20.2 Å². The quantitative estimate of drug-likeness (QED) is 0.0637. The number of fused-ring (bicyclic) bond motifs is 2. The largest absolute Gasteiger partial charge is 1.00 e. The van der Waals surface area contributed by atoms with Crippen molar-refractivity contribution >= 4 is 87.7 Å². The van der Waals surface area contributed by atoms with Gasteiger partial charge in [0, 0.05) is 38.2 Å². The number of hydrogen-bond acceptors (Lipinski definition) is 12. The molecule has 20 heteroatoms. The SMILES string of the molecule is O=S(=O)(O)c1cc(Cl)cc(N=Nc2c(O)ccc3ccccc23)c1O.O=S(=O)(O)c1cc(Cl)cc(N=Nc2c(O)ccc3ccccc23)c1O.[Cr].[Na+]. The van der Waals surface area contributed by atoms with Crippen LogP contribution in [0.5, 0.6) is 23.0 Å². The maximum Gasteiger partial charge on any atom is 1.00 e. The fraction of sp³-hybridized carbons (Fsp3) is 0. The second kappa shape index (κ2) is 17.3. The molecule has 0 aliphatic heterocycles. The fourth-order valence-electron chi connectivity index (χ4n) is 4.57. The summed E-state index contributed by atoms with van der Waals surface area (Å²) in [4.78, 5) is -1.56. The van der Waals surface area contributed by atoms with E-state index in [1.54, 1.807) is 36.4 Å². The number of phenolic OH excluding ortho intramolecular Hbond substituents is 4. The molecule has 0 aliphatic rings. The van der Waals surface area contributed by atoms with Gasteiger partial charge in [0.15, 0.2) is 11.5 Å². The first-order valence-corrected chi connectivity index (χ1v) is 17.4. The topological polar surface area (TPSA) is 239 Å². The van der Waals surface area contributed by atoms with Crippen LogP contribution in [0.2, 0.25) is 10.0 Å². The van der Waals surface area contributed by atoms with Gasteiger partial charge in [-0.1, -0.05) is 83.9 Å². The van der Waals surface area contributed by atoms with E-state index in [0.717, 1.165) is 22.9 Å². The summed E-state index contributed by atoms with van der Waals surface area (Å²) in [5.41, 5.74) is -0.253. The molecule has 0 radical (unpaired) electrons. The molecule has 6 rings (SSSR count). The number of azo groups is 2. The minimum atomic E-state index is -4.69. The molecule has 52 heavy (non-hydrogen) atoms. The fourth-order valence-corrected chi connectivity index (χ4v) is 6.38. The Morgan fingerprint density at radius 2 is 0.846 bits per heavy atom. The number of halogens is 2. The Morgan fingerprint density at radius 1 is 0.500 bits per heavy atom. The molecule has 0 amide bonds. The number of rotatable bonds is 6. The van der Waals surface area contributed by atoms with Crippen LogP contribution in [-0.2, 0) is 37.6 Å². The predicted octanol–water partition coefficient (Wildman–Crippen LogP) is 6.13. The van der Waals surface area contributed by atoms with Crippen LogP contribution in [-0.4, -0.2) is 46.4 Å². The summed E-state index contributed by atoms with van der Waals surface area (Å²) >= 11 is 11.6. The standard InChI is InChI=1S/2C16H11ClN2O5S.Cr.Na/c2*17-10-7-12(16(21)14(8-10)25(22,23)24)18-19-15-11-4-2-1-3-9(11)5-6-13(15)20;;/h2*1-8,20-21H,(H,22,23,24);;/q;;;+1. The van der Waals surface area contributed by atoms with Crippen molar-refractivity contribution in [1.82, 2.24) is 0 Å². The summed E-state index contributed by atoms with van der Waals surface area (Å²) in [5.74, 6) is -1.87. The molecule has 0 fully saturated rings. The first kappa shape index (κ1) is 42.6. The number of aromatic hydroxyl groups is 4. The molecule has 0 atom stereocenters. The van der Waals surface area contributed by atoms with Gasteiger partial charge in [-0.3, -0.25) is 9.11 Å². The van der Waals surface area contributed by atoms with Crippen LogP contribution in [0, 0.1) is 0 Å². The Labute approximate surface area is 338 Å². The summed E-state index contributed by atoms with van der Waals surface area (Å²) in [7, 11) is -9.38. The Balaban J connectivity index is 0.000000270. The van der Waals surface area contributed by atoms with Crippen molar-refractivity contribution in [1.29, 1.82) is 0 Å². The van der Waals surface area contributed by atoms with E-state index in [2.05, 4.69) is 20.5 Å². The second-order valence-corrected chi connectivity index (χ2v) is 13.9. The number of phenols is 4. The van der Waals surface area contributed by atoms with Crippen LogP contribution >= 0.6 is 23.2 Å². The summed E-state index contributed by atoms with van der Waals surface area (Å²) in [5, 5.41) is 58.1. The Bertz CT molecular complexity index is 2420. The van der Waals surface area contributed by atoms with Crippen LogP contribution in [0.3, 0.4) is 0 Å². The molecule has 6 aromatic rings. The zero-order valence-electron chi connectivity index (χ0n) is 26.3. The van der Waals surface area contributed by atoms with Gasteiger partial charge in [0.1, 0.15) is 44.0 Å². The third-order valence-corrected chi connectivity index (χ3v) is 9.04. The zero-order chi connectivity index (χ0) is 36.4. The zero-order valence-corrected chi connectivity index (χ0v) is 32.7. The van der Waals surface area contributed by atoms with Crippen LogP contribution in [0.25, 0.3) is 21.5 Å². The smallest absolute Gasteiger partial charge is 0.506 e. The molecule has 262 valence electrons. The molecule has 6 N–H and O–H groups in total. The molecular formula is C32H22Cl2CrN4NaO10S2+. The van der Waals surface area contributed by atoms with Crippen molar-refractivity contribution in [2.45, 2.75) is 9.79 Å². The molecule has 0 saturated heterocycles. The average molecular weight is 833 g/mol. The summed E-state index contributed by atoms with van der Waals surface area (Å²) < 4.78 is 63.4. The number of benzene rings is 6. The van der Waals surface area contributed by atoms with Crippen LogP contribution in [0.1, 0.15) is 0 Å². The molecule has 0 aliphatic carbocycles. The van der Waals surface area contributed by atoms with Gasteiger partial charge in [0.05, 0.1) is 0 Å². The van der Waals surface area contributed by atoms with Gasteiger partial charge in [-0.05, 0) is 47.2 Å². The van der Waals surface area contributed by atoms with Gasteiger partial charge in [-0.25, -0.2) is 0 Å². The first-order chi connectivity index (χ1) is 23.5. The van der Waals surface area contributed by atoms with E-state index in [9.17, 15) is 37.3 Å². The Hall–Kier alpha value is -3.83. The van der Waals surface area contributed by atoms with Gasteiger partial charge in [0.2, 0.25) is 0 Å². The van der Waals surface area contributed by atoms with E-state index in [1.165, 1.54) is 24.3 Å². The van der Waals surface area contributed by atoms with Crippen molar-refractivity contribution in [3.05, 3.63) is 107 Å². The van der Waals surface area contributed by atoms with Gasteiger partial charge < -0.3 is 20.4 Å². The molecule has 0 bridgehead atoms. The molecule has 0 saturated carbocycles. The van der Waals surface area contributed by atoms with Crippen molar-refractivity contribution in [3.63, 3.8) is 0 Å². The number of nitrogens with zero attached hydrogens (tertiary/aromatic N) is 4. The normalized spacial score (nSPS) is 11.6. The van der Waals surface area contributed by atoms with E-state index >= 15 is 0 Å². The monoisotopic (exact) mass is 831 g/mol. The molecule has 0 spiro atoms. The summed E-state index contributed by atoms with van der Waals surface area (Å²) in [6.07, 6.45) is 0.